The molecular formula is C8H7Cl2N7O. The summed E-state index contributed by atoms with van der Waals surface area (Å²) in [6.07, 6.45) is 1.25. The fraction of sp³-hybridized carbons (Fsp3) is 0.125. The van der Waals surface area contributed by atoms with E-state index >= 15 is 0 Å². The number of nitrogens with two attached hydrogens (primary N) is 2. The van der Waals surface area contributed by atoms with Crippen LogP contribution in [0, 0.1) is 0 Å². The fourth-order valence-corrected chi connectivity index (χ4v) is 1.49. The first-order chi connectivity index (χ1) is 8.47. The number of anilines is 2. The van der Waals surface area contributed by atoms with Gasteiger partial charge in [0.15, 0.2) is 5.82 Å². The molecule has 0 aliphatic carbocycles. The molecule has 0 aromatic carbocycles. The number of nitrogens with zero attached hydrogens (tertiary/aromatic N) is 5. The molecule has 0 bridgehead atoms. The fourth-order valence-electron chi connectivity index (χ4n) is 1.22. The highest BCUT2D eigenvalue weighted by molar-refractivity contribution is 6.41. The molecule has 2 heterocycles. The number of halogens is 2. The van der Waals surface area contributed by atoms with Crippen LogP contribution in [0.15, 0.2) is 11.0 Å². The summed E-state index contributed by atoms with van der Waals surface area (Å²) < 4.78 is 1.04. The van der Waals surface area contributed by atoms with Gasteiger partial charge in [-0.25, -0.2) is 4.68 Å². The van der Waals surface area contributed by atoms with Gasteiger partial charge in [-0.3, -0.25) is 4.79 Å². The predicted octanol–water partition coefficient (Wildman–Crippen LogP) is -0.0522. The molecule has 0 aliphatic rings. The first kappa shape index (κ1) is 12.5. The lowest BCUT2D eigenvalue weighted by molar-refractivity contribution is 0.613. The standard InChI is InChI=1S/C8H7Cl2N7O/c9-3-1-13-17(6(18)5(3)10)2-4-14-7(11)16-8(12)15-4/h1H,2H2,(H4,11,12,14,15,16). The van der Waals surface area contributed by atoms with Crippen molar-refractivity contribution in [3.8, 4) is 0 Å². The van der Waals surface area contributed by atoms with Gasteiger partial charge in [-0.2, -0.15) is 20.1 Å². The minimum atomic E-state index is -0.554. The van der Waals surface area contributed by atoms with Crippen LogP contribution in [-0.2, 0) is 6.54 Å². The van der Waals surface area contributed by atoms with Gasteiger partial charge in [0.2, 0.25) is 11.9 Å². The molecule has 2 aromatic heterocycles. The smallest absolute Gasteiger partial charge is 0.287 e. The van der Waals surface area contributed by atoms with Crippen molar-refractivity contribution >= 4 is 35.1 Å². The summed E-state index contributed by atoms with van der Waals surface area (Å²) in [7, 11) is 0. The zero-order chi connectivity index (χ0) is 13.3. The Bertz CT molecular complexity index is 636. The SMILES string of the molecule is Nc1nc(N)nc(Cn2ncc(Cl)c(Cl)c2=O)n1. The Morgan fingerprint density at radius 3 is 2.39 bits per heavy atom. The summed E-state index contributed by atoms with van der Waals surface area (Å²) in [5.74, 6) is 0.129. The lowest BCUT2D eigenvalue weighted by Crippen LogP contribution is -2.25. The zero-order valence-corrected chi connectivity index (χ0v) is 10.4. The number of rotatable bonds is 2. The average Bonchev–Trinajstić information content (AvgIpc) is 2.29. The first-order valence-electron chi connectivity index (χ1n) is 4.64. The van der Waals surface area contributed by atoms with Gasteiger partial charge in [-0.15, -0.1) is 0 Å². The second kappa shape index (κ2) is 4.75. The van der Waals surface area contributed by atoms with Crippen molar-refractivity contribution in [2.45, 2.75) is 6.54 Å². The molecular weight excluding hydrogens is 281 g/mol. The Morgan fingerprint density at radius 2 is 1.78 bits per heavy atom. The Balaban J connectivity index is 2.40. The molecule has 0 saturated carbocycles. The molecule has 18 heavy (non-hydrogen) atoms. The van der Waals surface area contributed by atoms with Crippen molar-refractivity contribution in [2.24, 2.45) is 0 Å². The van der Waals surface area contributed by atoms with Crippen molar-refractivity contribution in [3.63, 3.8) is 0 Å². The van der Waals surface area contributed by atoms with Crippen LogP contribution in [0.25, 0.3) is 0 Å². The molecule has 0 amide bonds. The number of aromatic nitrogens is 5. The maximum atomic E-state index is 11.7. The van der Waals surface area contributed by atoms with Crippen LogP contribution in [0.1, 0.15) is 5.82 Å². The summed E-state index contributed by atoms with van der Waals surface area (Å²) in [5.41, 5.74) is 10.3. The van der Waals surface area contributed by atoms with Crippen molar-refractivity contribution < 1.29 is 0 Å². The maximum absolute atomic E-state index is 11.7. The molecule has 4 N–H and O–H groups in total. The third-order valence-corrected chi connectivity index (χ3v) is 2.70. The second-order valence-electron chi connectivity index (χ2n) is 3.24. The van der Waals surface area contributed by atoms with E-state index in [0.717, 1.165) is 4.68 Å². The van der Waals surface area contributed by atoms with Crippen molar-refractivity contribution in [2.75, 3.05) is 11.5 Å². The Hall–Kier alpha value is -1.93. The molecule has 2 rings (SSSR count). The highest BCUT2D eigenvalue weighted by Crippen LogP contribution is 2.14. The number of hydrogen-bond acceptors (Lipinski definition) is 7. The Kier molecular flexibility index (Phi) is 3.30. The van der Waals surface area contributed by atoms with E-state index in [1.807, 2.05) is 0 Å². The van der Waals surface area contributed by atoms with E-state index in [1.165, 1.54) is 6.20 Å². The quantitative estimate of drug-likeness (QED) is 0.793. The van der Waals surface area contributed by atoms with Gasteiger partial charge in [0, 0.05) is 0 Å². The van der Waals surface area contributed by atoms with Crippen LogP contribution in [0.2, 0.25) is 10.0 Å². The monoisotopic (exact) mass is 287 g/mol. The van der Waals surface area contributed by atoms with E-state index in [2.05, 4.69) is 20.1 Å². The maximum Gasteiger partial charge on any atom is 0.287 e. The van der Waals surface area contributed by atoms with Crippen LogP contribution in [0.4, 0.5) is 11.9 Å². The lowest BCUT2D eigenvalue weighted by Gasteiger charge is -2.05. The van der Waals surface area contributed by atoms with Crippen LogP contribution >= 0.6 is 23.2 Å². The first-order valence-corrected chi connectivity index (χ1v) is 5.40. The lowest BCUT2D eigenvalue weighted by atomic mass is 10.5. The van der Waals surface area contributed by atoms with Gasteiger partial charge < -0.3 is 11.5 Å². The van der Waals surface area contributed by atoms with E-state index in [1.54, 1.807) is 0 Å². The minimum absolute atomic E-state index is 0.0351. The highest BCUT2D eigenvalue weighted by atomic mass is 35.5. The van der Waals surface area contributed by atoms with Gasteiger partial charge in [-0.1, -0.05) is 23.2 Å². The van der Waals surface area contributed by atoms with Gasteiger partial charge in [-0.05, 0) is 0 Å². The van der Waals surface area contributed by atoms with Gasteiger partial charge in [0.1, 0.15) is 11.6 Å². The zero-order valence-electron chi connectivity index (χ0n) is 8.84. The summed E-state index contributed by atoms with van der Waals surface area (Å²) in [5, 5.41) is 3.75. The molecule has 0 spiro atoms. The molecule has 0 saturated heterocycles. The van der Waals surface area contributed by atoms with E-state index in [9.17, 15) is 4.79 Å². The molecule has 0 aliphatic heterocycles. The third-order valence-electron chi connectivity index (χ3n) is 1.95. The summed E-state index contributed by atoms with van der Waals surface area (Å²) in [4.78, 5) is 23.0. The van der Waals surface area contributed by atoms with Gasteiger partial charge in [0.05, 0.1) is 11.2 Å². The van der Waals surface area contributed by atoms with Crippen molar-refractivity contribution in [3.05, 3.63) is 32.4 Å². The van der Waals surface area contributed by atoms with E-state index in [4.69, 9.17) is 34.7 Å². The predicted molar refractivity (Wildman–Crippen MR) is 66.3 cm³/mol. The van der Waals surface area contributed by atoms with Crippen LogP contribution in [0.5, 0.6) is 0 Å². The van der Waals surface area contributed by atoms with Gasteiger partial charge >= 0.3 is 0 Å². The normalized spacial score (nSPS) is 10.6. The average molecular weight is 288 g/mol. The second-order valence-corrected chi connectivity index (χ2v) is 4.02. The van der Waals surface area contributed by atoms with Crippen molar-refractivity contribution in [1.29, 1.82) is 0 Å². The molecule has 0 radical (unpaired) electrons. The van der Waals surface area contributed by atoms with Crippen molar-refractivity contribution in [1.82, 2.24) is 24.7 Å². The minimum Gasteiger partial charge on any atom is -0.368 e. The molecule has 2 aromatic rings. The molecule has 0 fully saturated rings. The Morgan fingerprint density at radius 1 is 1.17 bits per heavy atom. The van der Waals surface area contributed by atoms with Gasteiger partial charge in [0.25, 0.3) is 5.56 Å². The van der Waals surface area contributed by atoms with E-state index < -0.39 is 5.56 Å². The highest BCUT2D eigenvalue weighted by Gasteiger charge is 2.10. The molecule has 0 unspecified atom stereocenters. The van der Waals surface area contributed by atoms with Crippen LogP contribution in [-0.4, -0.2) is 24.7 Å². The number of nitrogen functional groups attached to an aromatic ring is 2. The molecule has 94 valence electrons. The summed E-state index contributed by atoms with van der Waals surface area (Å²) in [6, 6.07) is 0. The topological polar surface area (TPSA) is 126 Å². The number of hydrogen-bond donors (Lipinski definition) is 2. The molecule has 0 atom stereocenters. The third kappa shape index (κ3) is 2.49. The summed E-state index contributed by atoms with van der Waals surface area (Å²) in [6.45, 7) is -0.0351. The Labute approximate surface area is 111 Å². The van der Waals surface area contributed by atoms with E-state index in [0.29, 0.717) is 0 Å². The largest absolute Gasteiger partial charge is 0.368 e. The molecule has 8 nitrogen and oxygen atoms in total. The van der Waals surface area contributed by atoms with E-state index in [-0.39, 0.29) is 34.3 Å². The summed E-state index contributed by atoms with van der Waals surface area (Å²) >= 11 is 11.4. The van der Waals surface area contributed by atoms with Crippen LogP contribution in [0.3, 0.4) is 0 Å². The molecule has 10 heteroatoms. The van der Waals surface area contributed by atoms with Crippen LogP contribution < -0.4 is 17.0 Å².